The molecule has 5 heteroatoms. The van der Waals surface area contributed by atoms with Crippen molar-refractivity contribution in [3.05, 3.63) is 12.7 Å². The lowest BCUT2D eigenvalue weighted by molar-refractivity contribution is -0.146. The zero-order valence-electron chi connectivity index (χ0n) is 8.93. The van der Waals surface area contributed by atoms with Crippen LogP contribution in [0.25, 0.3) is 0 Å². The highest BCUT2D eigenvalue weighted by atomic mass is 16.5. The number of ether oxygens (including phenoxy) is 2. The van der Waals surface area contributed by atoms with Crippen molar-refractivity contribution in [3.8, 4) is 0 Å². The van der Waals surface area contributed by atoms with Crippen molar-refractivity contribution < 1.29 is 19.1 Å². The second-order valence-corrected chi connectivity index (χ2v) is 3.32. The first-order chi connectivity index (χ1) is 7.15. The SMILES string of the molecule is C=CC1CCN(C(=O)OC)C1C(=O)OC. The molecule has 1 heterocycles. The predicted octanol–water partition coefficient (Wildman–Crippen LogP) is 0.802. The Kier molecular flexibility index (Phi) is 3.71. The fraction of sp³-hybridized carbons (Fsp3) is 0.600. The van der Waals surface area contributed by atoms with Crippen LogP contribution >= 0.6 is 0 Å². The number of methoxy groups -OCH3 is 2. The number of hydrogen-bond donors (Lipinski definition) is 0. The van der Waals surface area contributed by atoms with Crippen LogP contribution in [0.2, 0.25) is 0 Å². The van der Waals surface area contributed by atoms with Gasteiger partial charge in [-0.25, -0.2) is 9.59 Å². The number of nitrogens with zero attached hydrogens (tertiary/aromatic N) is 1. The van der Waals surface area contributed by atoms with Crippen LogP contribution in [-0.4, -0.2) is 43.8 Å². The van der Waals surface area contributed by atoms with Gasteiger partial charge in [0, 0.05) is 12.5 Å². The van der Waals surface area contributed by atoms with E-state index in [9.17, 15) is 9.59 Å². The molecule has 1 fully saturated rings. The largest absolute Gasteiger partial charge is 0.467 e. The van der Waals surface area contributed by atoms with Crippen molar-refractivity contribution in [1.29, 1.82) is 0 Å². The Bertz CT molecular complexity index is 277. The molecule has 0 aromatic heterocycles. The summed E-state index contributed by atoms with van der Waals surface area (Å²) in [4.78, 5) is 24.2. The number of hydrogen-bond acceptors (Lipinski definition) is 4. The van der Waals surface area contributed by atoms with Gasteiger partial charge in [0.2, 0.25) is 0 Å². The van der Waals surface area contributed by atoms with Gasteiger partial charge in [-0.05, 0) is 6.42 Å². The highest BCUT2D eigenvalue weighted by Gasteiger charge is 2.41. The maximum Gasteiger partial charge on any atom is 0.410 e. The summed E-state index contributed by atoms with van der Waals surface area (Å²) in [5.41, 5.74) is 0. The smallest absolute Gasteiger partial charge is 0.410 e. The molecular formula is C10H15NO4. The summed E-state index contributed by atoms with van der Waals surface area (Å²) in [6, 6.07) is -0.597. The van der Waals surface area contributed by atoms with E-state index in [1.165, 1.54) is 19.1 Å². The highest BCUT2D eigenvalue weighted by molar-refractivity contribution is 5.82. The average Bonchev–Trinajstić information content (AvgIpc) is 2.70. The minimum Gasteiger partial charge on any atom is -0.467 e. The van der Waals surface area contributed by atoms with E-state index < -0.39 is 18.1 Å². The van der Waals surface area contributed by atoms with Crippen LogP contribution in [-0.2, 0) is 14.3 Å². The first-order valence-electron chi connectivity index (χ1n) is 4.70. The van der Waals surface area contributed by atoms with E-state index in [1.807, 2.05) is 0 Å². The van der Waals surface area contributed by atoms with Crippen LogP contribution in [0, 0.1) is 5.92 Å². The van der Waals surface area contributed by atoms with Gasteiger partial charge in [0.25, 0.3) is 0 Å². The Balaban J connectivity index is 2.85. The molecule has 1 aliphatic heterocycles. The highest BCUT2D eigenvalue weighted by Crippen LogP contribution is 2.26. The van der Waals surface area contributed by atoms with Crippen molar-refractivity contribution in [2.24, 2.45) is 5.92 Å². The van der Waals surface area contributed by atoms with Crippen LogP contribution in [0.5, 0.6) is 0 Å². The lowest BCUT2D eigenvalue weighted by atomic mass is 10.0. The molecule has 0 aromatic rings. The van der Waals surface area contributed by atoms with Crippen molar-refractivity contribution >= 4 is 12.1 Å². The van der Waals surface area contributed by atoms with Crippen molar-refractivity contribution in [2.45, 2.75) is 12.5 Å². The van der Waals surface area contributed by atoms with Gasteiger partial charge in [0.1, 0.15) is 6.04 Å². The summed E-state index contributed by atoms with van der Waals surface area (Å²) >= 11 is 0. The van der Waals surface area contributed by atoms with Gasteiger partial charge in [-0.1, -0.05) is 6.08 Å². The molecule has 0 aromatic carbocycles. The monoisotopic (exact) mass is 213 g/mol. The predicted molar refractivity (Wildman–Crippen MR) is 53.2 cm³/mol. The number of carbonyl (C=O) groups excluding carboxylic acids is 2. The molecule has 0 aliphatic carbocycles. The zero-order chi connectivity index (χ0) is 11.4. The molecule has 2 unspecified atom stereocenters. The molecule has 0 saturated carbocycles. The second-order valence-electron chi connectivity index (χ2n) is 3.32. The summed E-state index contributed by atoms with van der Waals surface area (Å²) in [6.07, 6.45) is 1.87. The molecule has 84 valence electrons. The van der Waals surface area contributed by atoms with Crippen LogP contribution in [0.1, 0.15) is 6.42 Å². The number of amides is 1. The fourth-order valence-corrected chi connectivity index (χ4v) is 1.81. The Hall–Kier alpha value is -1.52. The van der Waals surface area contributed by atoms with Gasteiger partial charge in [0.15, 0.2) is 0 Å². The summed E-state index contributed by atoms with van der Waals surface area (Å²) in [5.74, 6) is -0.487. The molecule has 1 amide bonds. The summed E-state index contributed by atoms with van der Waals surface area (Å²) in [5, 5.41) is 0. The van der Waals surface area contributed by atoms with Gasteiger partial charge in [-0.3, -0.25) is 4.90 Å². The Morgan fingerprint density at radius 1 is 1.40 bits per heavy atom. The third-order valence-corrected chi connectivity index (χ3v) is 2.60. The summed E-state index contributed by atoms with van der Waals surface area (Å²) in [7, 11) is 2.59. The van der Waals surface area contributed by atoms with Gasteiger partial charge in [0.05, 0.1) is 14.2 Å². The first kappa shape index (κ1) is 11.6. The molecule has 2 atom stereocenters. The van der Waals surface area contributed by atoms with Gasteiger partial charge >= 0.3 is 12.1 Å². The summed E-state index contributed by atoms with van der Waals surface area (Å²) < 4.78 is 9.25. The van der Waals surface area contributed by atoms with Crippen molar-refractivity contribution in [3.63, 3.8) is 0 Å². The van der Waals surface area contributed by atoms with Gasteiger partial charge in [-0.2, -0.15) is 0 Å². The van der Waals surface area contributed by atoms with E-state index in [4.69, 9.17) is 0 Å². The molecule has 1 aliphatic rings. The maximum absolute atomic E-state index is 11.5. The Labute approximate surface area is 88.6 Å². The van der Waals surface area contributed by atoms with Crippen molar-refractivity contribution in [2.75, 3.05) is 20.8 Å². The first-order valence-corrected chi connectivity index (χ1v) is 4.70. The fourth-order valence-electron chi connectivity index (χ4n) is 1.81. The molecular weight excluding hydrogens is 198 g/mol. The standard InChI is InChI=1S/C10H15NO4/c1-4-7-5-6-11(10(13)15-3)8(7)9(12)14-2/h4,7-8H,1,5-6H2,2-3H3. The molecule has 0 radical (unpaired) electrons. The van der Waals surface area contributed by atoms with E-state index in [-0.39, 0.29) is 5.92 Å². The topological polar surface area (TPSA) is 55.8 Å². The molecule has 0 N–H and O–H groups in total. The average molecular weight is 213 g/mol. The Morgan fingerprint density at radius 3 is 2.53 bits per heavy atom. The lowest BCUT2D eigenvalue weighted by Crippen LogP contribution is -2.43. The summed E-state index contributed by atoms with van der Waals surface area (Å²) in [6.45, 7) is 4.13. The molecule has 0 bridgehead atoms. The minimum absolute atomic E-state index is 0.0588. The molecule has 5 nitrogen and oxygen atoms in total. The number of rotatable bonds is 2. The van der Waals surface area contributed by atoms with Crippen LogP contribution in [0.4, 0.5) is 4.79 Å². The molecule has 1 saturated heterocycles. The van der Waals surface area contributed by atoms with Crippen molar-refractivity contribution in [1.82, 2.24) is 4.90 Å². The lowest BCUT2D eigenvalue weighted by Gasteiger charge is -2.23. The third-order valence-electron chi connectivity index (χ3n) is 2.60. The number of carbonyl (C=O) groups is 2. The van der Waals surface area contributed by atoms with Crippen LogP contribution in [0.3, 0.4) is 0 Å². The van der Waals surface area contributed by atoms with E-state index in [0.717, 1.165) is 0 Å². The van der Waals surface area contributed by atoms with Gasteiger partial charge < -0.3 is 9.47 Å². The van der Waals surface area contributed by atoms with Gasteiger partial charge in [-0.15, -0.1) is 6.58 Å². The number of likely N-dealkylation sites (tertiary alicyclic amines) is 1. The Morgan fingerprint density at radius 2 is 2.07 bits per heavy atom. The second kappa shape index (κ2) is 4.82. The van der Waals surface area contributed by atoms with E-state index in [2.05, 4.69) is 16.1 Å². The zero-order valence-corrected chi connectivity index (χ0v) is 8.93. The van der Waals surface area contributed by atoms with E-state index in [0.29, 0.717) is 13.0 Å². The minimum atomic E-state index is -0.597. The van der Waals surface area contributed by atoms with E-state index >= 15 is 0 Å². The molecule has 0 spiro atoms. The van der Waals surface area contributed by atoms with Crippen LogP contribution in [0.15, 0.2) is 12.7 Å². The molecule has 1 rings (SSSR count). The van der Waals surface area contributed by atoms with E-state index in [1.54, 1.807) is 6.08 Å². The third kappa shape index (κ3) is 2.11. The van der Waals surface area contributed by atoms with Crippen LogP contribution < -0.4 is 0 Å². The molecule has 15 heavy (non-hydrogen) atoms. The number of esters is 1. The quantitative estimate of drug-likeness (QED) is 0.503. The maximum atomic E-state index is 11.5. The normalized spacial score (nSPS) is 24.8.